The van der Waals surface area contributed by atoms with Crippen LogP contribution >= 0.6 is 0 Å². The van der Waals surface area contributed by atoms with E-state index in [1.807, 2.05) is 20.8 Å². The Morgan fingerprint density at radius 1 is 1.38 bits per heavy atom. The molecule has 0 radical (unpaired) electrons. The van der Waals surface area contributed by atoms with Crippen molar-refractivity contribution in [1.82, 2.24) is 14.5 Å². The van der Waals surface area contributed by atoms with Crippen molar-refractivity contribution in [1.29, 1.82) is 0 Å². The third kappa shape index (κ3) is 5.01. The number of carbonyl (C=O) groups excluding carboxylic acids is 1. The zero-order valence-electron chi connectivity index (χ0n) is 14.2. The van der Waals surface area contributed by atoms with Crippen molar-refractivity contribution in [3.05, 3.63) is 28.4 Å². The molecule has 2 rings (SSSR count). The highest BCUT2D eigenvalue weighted by Crippen LogP contribution is 2.21. The first-order valence-electron chi connectivity index (χ1n) is 7.98. The molecule has 0 saturated carbocycles. The molecule has 1 aliphatic rings. The summed E-state index contributed by atoms with van der Waals surface area (Å²) in [5.41, 5.74) is -1.51. The van der Waals surface area contributed by atoms with Crippen LogP contribution in [0.4, 0.5) is 13.6 Å². The molecule has 0 aliphatic carbocycles. The van der Waals surface area contributed by atoms with Gasteiger partial charge in [-0.25, -0.2) is 18.6 Å². The highest BCUT2D eigenvalue weighted by Gasteiger charge is 2.27. The number of rotatable bonds is 3. The van der Waals surface area contributed by atoms with E-state index in [1.54, 1.807) is 4.90 Å². The normalized spacial score (nSPS) is 16.5. The second kappa shape index (κ2) is 7.27. The first-order chi connectivity index (χ1) is 11.2. The van der Waals surface area contributed by atoms with Crippen LogP contribution in [0.3, 0.4) is 0 Å². The lowest BCUT2D eigenvalue weighted by atomic mass is 9.97. The van der Waals surface area contributed by atoms with Crippen molar-refractivity contribution in [2.24, 2.45) is 5.92 Å². The van der Waals surface area contributed by atoms with Gasteiger partial charge in [-0.3, -0.25) is 9.36 Å². The van der Waals surface area contributed by atoms with Gasteiger partial charge in [0.05, 0.1) is 6.33 Å². The number of ether oxygens (including phenoxy) is 1. The van der Waals surface area contributed by atoms with Crippen LogP contribution in [0.1, 0.15) is 45.7 Å². The molecule has 24 heavy (non-hydrogen) atoms. The minimum Gasteiger partial charge on any atom is -0.444 e. The van der Waals surface area contributed by atoms with Gasteiger partial charge in [0, 0.05) is 25.7 Å². The second-order valence-corrected chi connectivity index (χ2v) is 7.02. The lowest BCUT2D eigenvalue weighted by molar-refractivity contribution is 0.0178. The number of nitrogens with zero attached hydrogens (tertiary/aromatic N) is 3. The van der Waals surface area contributed by atoms with Crippen molar-refractivity contribution in [3.63, 3.8) is 0 Å². The number of piperidine rings is 1. The van der Waals surface area contributed by atoms with Gasteiger partial charge < -0.3 is 9.64 Å². The molecule has 8 heteroatoms. The summed E-state index contributed by atoms with van der Waals surface area (Å²) in [6.07, 6.45) is -0.459. The fourth-order valence-electron chi connectivity index (χ4n) is 2.60. The molecular weight excluding hydrogens is 320 g/mol. The molecule has 134 valence electrons. The quantitative estimate of drug-likeness (QED) is 0.846. The number of carbonyl (C=O) groups is 1. The van der Waals surface area contributed by atoms with Crippen molar-refractivity contribution >= 4 is 6.09 Å². The highest BCUT2D eigenvalue weighted by molar-refractivity contribution is 5.68. The molecule has 1 fully saturated rings. The maximum absolute atomic E-state index is 12.5. The predicted octanol–water partition coefficient (Wildman–Crippen LogP) is 2.83. The van der Waals surface area contributed by atoms with Crippen molar-refractivity contribution in [2.75, 3.05) is 13.1 Å². The third-order valence-corrected chi connectivity index (χ3v) is 3.85. The fraction of sp³-hybridized carbons (Fsp3) is 0.688. The molecular formula is C16H23F2N3O3. The van der Waals surface area contributed by atoms with Crippen molar-refractivity contribution in [3.8, 4) is 0 Å². The number of halogens is 2. The molecule has 1 saturated heterocycles. The monoisotopic (exact) mass is 343 g/mol. The van der Waals surface area contributed by atoms with Crippen LogP contribution in [0.25, 0.3) is 0 Å². The van der Waals surface area contributed by atoms with Gasteiger partial charge in [0.1, 0.15) is 11.3 Å². The lowest BCUT2D eigenvalue weighted by Crippen LogP contribution is -2.42. The minimum atomic E-state index is -2.75. The first kappa shape index (κ1) is 18.4. The van der Waals surface area contributed by atoms with E-state index >= 15 is 0 Å². The van der Waals surface area contributed by atoms with E-state index in [9.17, 15) is 18.4 Å². The van der Waals surface area contributed by atoms with E-state index in [4.69, 9.17) is 4.74 Å². The summed E-state index contributed by atoms with van der Waals surface area (Å²) in [7, 11) is 0. The number of amides is 1. The molecule has 1 aromatic rings. The van der Waals surface area contributed by atoms with Crippen molar-refractivity contribution < 1.29 is 18.3 Å². The Labute approximate surface area is 139 Å². The van der Waals surface area contributed by atoms with Gasteiger partial charge in [0.25, 0.3) is 12.0 Å². The van der Waals surface area contributed by atoms with Crippen molar-refractivity contribution in [2.45, 2.75) is 52.2 Å². The summed E-state index contributed by atoms with van der Waals surface area (Å²) < 4.78 is 31.7. The largest absolute Gasteiger partial charge is 0.444 e. The average Bonchev–Trinajstić information content (AvgIpc) is 2.48. The molecule has 1 amide bonds. The van der Waals surface area contributed by atoms with Gasteiger partial charge in [-0.05, 0) is 39.5 Å². The Hall–Kier alpha value is -1.99. The molecule has 0 bridgehead atoms. The van der Waals surface area contributed by atoms with Crippen LogP contribution < -0.4 is 5.56 Å². The molecule has 1 aliphatic heterocycles. The van der Waals surface area contributed by atoms with E-state index in [1.165, 1.54) is 10.9 Å². The SMILES string of the molecule is CC(C)(C)OC(=O)N1CCC(Cn2cnc(C(F)F)cc2=O)CC1. The Bertz CT molecular complexity index is 632. The zero-order chi connectivity index (χ0) is 17.9. The molecule has 0 aromatic carbocycles. The van der Waals surface area contributed by atoms with Gasteiger partial charge in [-0.1, -0.05) is 0 Å². The van der Waals surface area contributed by atoms with E-state index < -0.39 is 23.3 Å². The summed E-state index contributed by atoms with van der Waals surface area (Å²) in [4.78, 5) is 29.1. The lowest BCUT2D eigenvalue weighted by Gasteiger charge is -2.33. The minimum absolute atomic E-state index is 0.195. The van der Waals surface area contributed by atoms with Gasteiger partial charge >= 0.3 is 6.09 Å². The standard InChI is InChI=1S/C16H23F2N3O3/c1-16(2,3)24-15(23)20-6-4-11(5-7-20)9-21-10-19-12(14(17)18)8-13(21)22/h8,10-11,14H,4-7,9H2,1-3H3. The van der Waals surface area contributed by atoms with Crippen LogP contribution in [0, 0.1) is 5.92 Å². The van der Waals surface area contributed by atoms with E-state index in [-0.39, 0.29) is 12.0 Å². The number of hydrogen-bond acceptors (Lipinski definition) is 4. The highest BCUT2D eigenvalue weighted by atomic mass is 19.3. The first-order valence-corrected chi connectivity index (χ1v) is 7.98. The van der Waals surface area contributed by atoms with Crippen LogP contribution in [-0.2, 0) is 11.3 Å². The smallest absolute Gasteiger partial charge is 0.410 e. The van der Waals surface area contributed by atoms with E-state index in [0.717, 1.165) is 18.9 Å². The zero-order valence-corrected chi connectivity index (χ0v) is 14.2. The molecule has 0 N–H and O–H groups in total. The Morgan fingerprint density at radius 2 is 2.00 bits per heavy atom. The van der Waals surface area contributed by atoms with E-state index in [0.29, 0.717) is 19.6 Å². The van der Waals surface area contributed by atoms with Crippen LogP contribution in [-0.4, -0.2) is 39.2 Å². The average molecular weight is 343 g/mol. The molecule has 2 heterocycles. The van der Waals surface area contributed by atoms with Gasteiger partial charge in [0.2, 0.25) is 0 Å². The van der Waals surface area contributed by atoms with Crippen LogP contribution in [0.5, 0.6) is 0 Å². The number of hydrogen-bond donors (Lipinski definition) is 0. The topological polar surface area (TPSA) is 64.4 Å². The fourth-order valence-corrected chi connectivity index (χ4v) is 2.60. The number of aromatic nitrogens is 2. The summed E-state index contributed by atoms with van der Waals surface area (Å²) in [5, 5.41) is 0. The summed E-state index contributed by atoms with van der Waals surface area (Å²) >= 11 is 0. The van der Waals surface area contributed by atoms with E-state index in [2.05, 4.69) is 4.98 Å². The Balaban J connectivity index is 1.89. The summed E-state index contributed by atoms with van der Waals surface area (Å²) in [6.45, 7) is 6.98. The molecule has 0 unspecified atom stereocenters. The summed E-state index contributed by atoms with van der Waals surface area (Å²) in [5.74, 6) is 0.195. The Morgan fingerprint density at radius 3 is 2.50 bits per heavy atom. The second-order valence-electron chi connectivity index (χ2n) is 7.02. The number of alkyl halides is 2. The molecule has 0 spiro atoms. The summed E-state index contributed by atoms with van der Waals surface area (Å²) in [6, 6.07) is 0.875. The predicted molar refractivity (Wildman–Crippen MR) is 84.0 cm³/mol. The molecule has 0 atom stereocenters. The van der Waals surface area contributed by atoms with Gasteiger partial charge in [-0.15, -0.1) is 0 Å². The maximum Gasteiger partial charge on any atom is 0.410 e. The van der Waals surface area contributed by atoms with Crippen LogP contribution in [0.15, 0.2) is 17.2 Å². The van der Waals surface area contributed by atoms with Gasteiger partial charge in [-0.2, -0.15) is 0 Å². The maximum atomic E-state index is 12.5. The molecule has 6 nitrogen and oxygen atoms in total. The van der Waals surface area contributed by atoms with Gasteiger partial charge in [0.15, 0.2) is 0 Å². The van der Waals surface area contributed by atoms with Crippen LogP contribution in [0.2, 0.25) is 0 Å². The molecule has 1 aromatic heterocycles. The number of likely N-dealkylation sites (tertiary alicyclic amines) is 1. The Kier molecular flexibility index (Phi) is 5.56. The third-order valence-electron chi connectivity index (χ3n) is 3.85.